The Kier molecular flexibility index (Phi) is 6.37. The van der Waals surface area contributed by atoms with E-state index in [1.165, 1.54) is 0 Å². The second-order valence-electron chi connectivity index (χ2n) is 5.42. The van der Waals surface area contributed by atoms with Gasteiger partial charge in [-0.25, -0.2) is 0 Å². The summed E-state index contributed by atoms with van der Waals surface area (Å²) < 4.78 is 5.34. The van der Waals surface area contributed by atoms with Crippen molar-refractivity contribution in [2.24, 2.45) is 0 Å². The average Bonchev–Trinajstić information content (AvgIpc) is 2.57. The summed E-state index contributed by atoms with van der Waals surface area (Å²) in [7, 11) is 1.69. The molecule has 0 aliphatic carbocycles. The van der Waals surface area contributed by atoms with Crippen LogP contribution in [0.5, 0.6) is 5.75 Å². The molecule has 0 fully saturated rings. The molecular formula is C19H22N2O3. The maximum absolute atomic E-state index is 12.1. The fraction of sp³-hybridized carbons (Fsp3) is 0.263. The van der Waals surface area contributed by atoms with E-state index < -0.39 is 0 Å². The normalized spacial score (nSPS) is 10.1. The average molecular weight is 326 g/mol. The second-order valence-corrected chi connectivity index (χ2v) is 5.42. The summed E-state index contributed by atoms with van der Waals surface area (Å²) in [6.45, 7) is 2.98. The molecule has 2 rings (SSSR count). The predicted octanol–water partition coefficient (Wildman–Crippen LogP) is 3.07. The highest BCUT2D eigenvalue weighted by molar-refractivity contribution is 6.03. The standard InChI is InChI=1S/C19H22N2O3/c1-3-24-17-11-9-16(10-12-17)20-18(22)13-19(23)21(2)14-15-7-5-4-6-8-15/h4-12H,3,13-14H2,1-2H3,(H,20,22). The maximum atomic E-state index is 12.1. The zero-order valence-corrected chi connectivity index (χ0v) is 14.0. The Morgan fingerprint density at radius 3 is 2.33 bits per heavy atom. The zero-order valence-electron chi connectivity index (χ0n) is 14.0. The van der Waals surface area contributed by atoms with Crippen molar-refractivity contribution in [2.45, 2.75) is 19.9 Å². The highest BCUT2D eigenvalue weighted by Gasteiger charge is 2.14. The Labute approximate surface area is 142 Å². The van der Waals surface area contributed by atoms with E-state index in [9.17, 15) is 9.59 Å². The first-order valence-corrected chi connectivity index (χ1v) is 7.89. The third-order valence-electron chi connectivity index (χ3n) is 3.45. The Morgan fingerprint density at radius 2 is 1.71 bits per heavy atom. The quantitative estimate of drug-likeness (QED) is 0.796. The van der Waals surface area contributed by atoms with Gasteiger partial charge < -0.3 is 15.0 Å². The smallest absolute Gasteiger partial charge is 0.233 e. The van der Waals surface area contributed by atoms with E-state index in [-0.39, 0.29) is 18.2 Å². The van der Waals surface area contributed by atoms with Crippen molar-refractivity contribution in [1.29, 1.82) is 0 Å². The number of hydrogen-bond acceptors (Lipinski definition) is 3. The summed E-state index contributed by atoms with van der Waals surface area (Å²) in [5, 5.41) is 2.72. The molecule has 0 saturated carbocycles. The van der Waals surface area contributed by atoms with E-state index in [1.807, 2.05) is 37.3 Å². The van der Waals surface area contributed by atoms with Crippen molar-refractivity contribution >= 4 is 17.5 Å². The van der Waals surface area contributed by atoms with Crippen molar-refractivity contribution < 1.29 is 14.3 Å². The minimum absolute atomic E-state index is 0.184. The number of nitrogens with one attached hydrogen (secondary N) is 1. The fourth-order valence-corrected chi connectivity index (χ4v) is 2.22. The highest BCUT2D eigenvalue weighted by Crippen LogP contribution is 2.16. The molecular weight excluding hydrogens is 304 g/mol. The third kappa shape index (κ3) is 5.43. The van der Waals surface area contributed by atoms with Crippen molar-refractivity contribution in [2.75, 3.05) is 19.0 Å². The zero-order chi connectivity index (χ0) is 17.4. The lowest BCUT2D eigenvalue weighted by molar-refractivity contribution is -0.133. The third-order valence-corrected chi connectivity index (χ3v) is 3.45. The first-order chi connectivity index (χ1) is 11.6. The maximum Gasteiger partial charge on any atom is 0.233 e. The number of carbonyl (C=O) groups is 2. The van der Waals surface area contributed by atoms with Gasteiger partial charge in [0.05, 0.1) is 6.61 Å². The van der Waals surface area contributed by atoms with Crippen LogP contribution in [-0.2, 0) is 16.1 Å². The van der Waals surface area contributed by atoms with Gasteiger partial charge in [0.15, 0.2) is 0 Å². The van der Waals surface area contributed by atoms with Gasteiger partial charge in [0.1, 0.15) is 12.2 Å². The van der Waals surface area contributed by atoms with Gasteiger partial charge in [-0.1, -0.05) is 30.3 Å². The minimum Gasteiger partial charge on any atom is -0.494 e. The summed E-state index contributed by atoms with van der Waals surface area (Å²) in [5.41, 5.74) is 1.67. The number of benzene rings is 2. The van der Waals surface area contributed by atoms with E-state index in [0.717, 1.165) is 11.3 Å². The number of amides is 2. The van der Waals surface area contributed by atoms with E-state index in [1.54, 1.807) is 36.2 Å². The van der Waals surface area contributed by atoms with Gasteiger partial charge in [-0.05, 0) is 36.8 Å². The molecule has 0 heterocycles. The van der Waals surface area contributed by atoms with Crippen LogP contribution in [-0.4, -0.2) is 30.4 Å². The van der Waals surface area contributed by atoms with Crippen molar-refractivity contribution in [3.63, 3.8) is 0 Å². The number of nitrogens with zero attached hydrogens (tertiary/aromatic N) is 1. The summed E-state index contributed by atoms with van der Waals surface area (Å²) in [6.07, 6.45) is -0.184. The van der Waals surface area contributed by atoms with Crippen LogP contribution in [0.25, 0.3) is 0 Å². The largest absolute Gasteiger partial charge is 0.494 e. The molecule has 0 aromatic heterocycles. The van der Waals surface area contributed by atoms with Crippen molar-refractivity contribution in [3.05, 3.63) is 60.2 Å². The van der Waals surface area contributed by atoms with Gasteiger partial charge in [-0.3, -0.25) is 9.59 Å². The second kappa shape index (κ2) is 8.72. The molecule has 0 aliphatic heterocycles. The lowest BCUT2D eigenvalue weighted by Crippen LogP contribution is -2.30. The summed E-state index contributed by atoms with van der Waals surface area (Å²) >= 11 is 0. The molecule has 126 valence electrons. The number of hydrogen-bond donors (Lipinski definition) is 1. The topological polar surface area (TPSA) is 58.6 Å². The first-order valence-electron chi connectivity index (χ1n) is 7.89. The SMILES string of the molecule is CCOc1ccc(NC(=O)CC(=O)N(C)Cc2ccccc2)cc1. The van der Waals surface area contributed by atoms with Crippen LogP contribution in [0.1, 0.15) is 18.9 Å². The Morgan fingerprint density at radius 1 is 1.04 bits per heavy atom. The van der Waals surface area contributed by atoms with Crippen LogP contribution in [0.2, 0.25) is 0 Å². The van der Waals surface area contributed by atoms with Gasteiger partial charge in [0.25, 0.3) is 0 Å². The molecule has 2 aromatic carbocycles. The summed E-state index contributed by atoms with van der Waals surface area (Å²) in [4.78, 5) is 25.7. The number of rotatable bonds is 7. The van der Waals surface area contributed by atoms with E-state index >= 15 is 0 Å². The number of carbonyl (C=O) groups excluding carboxylic acids is 2. The molecule has 0 spiro atoms. The van der Waals surface area contributed by atoms with Gasteiger partial charge in [0, 0.05) is 19.3 Å². The lowest BCUT2D eigenvalue weighted by atomic mass is 10.2. The molecule has 0 atom stereocenters. The minimum atomic E-state index is -0.330. The van der Waals surface area contributed by atoms with Gasteiger partial charge in [0.2, 0.25) is 11.8 Å². The molecule has 0 aliphatic rings. The molecule has 24 heavy (non-hydrogen) atoms. The van der Waals surface area contributed by atoms with Crippen molar-refractivity contribution in [1.82, 2.24) is 4.90 Å². The van der Waals surface area contributed by atoms with Crippen LogP contribution in [0.4, 0.5) is 5.69 Å². The molecule has 0 radical (unpaired) electrons. The molecule has 1 N–H and O–H groups in total. The molecule has 2 amide bonds. The Hall–Kier alpha value is -2.82. The fourth-order valence-electron chi connectivity index (χ4n) is 2.22. The molecule has 0 saturated heterocycles. The first kappa shape index (κ1) is 17.5. The Balaban J connectivity index is 1.83. The van der Waals surface area contributed by atoms with E-state index in [2.05, 4.69) is 5.32 Å². The van der Waals surface area contributed by atoms with E-state index in [0.29, 0.717) is 18.8 Å². The number of anilines is 1. The molecule has 0 unspecified atom stereocenters. The molecule has 2 aromatic rings. The van der Waals surface area contributed by atoms with Crippen LogP contribution in [0, 0.1) is 0 Å². The van der Waals surface area contributed by atoms with Crippen molar-refractivity contribution in [3.8, 4) is 5.75 Å². The van der Waals surface area contributed by atoms with Crippen LogP contribution in [0.15, 0.2) is 54.6 Å². The summed E-state index contributed by atoms with van der Waals surface area (Å²) in [6, 6.07) is 16.7. The van der Waals surface area contributed by atoms with E-state index in [4.69, 9.17) is 4.74 Å². The monoisotopic (exact) mass is 326 g/mol. The van der Waals surface area contributed by atoms with Crippen LogP contribution >= 0.6 is 0 Å². The van der Waals surface area contributed by atoms with Gasteiger partial charge in [-0.2, -0.15) is 0 Å². The van der Waals surface area contributed by atoms with Gasteiger partial charge >= 0.3 is 0 Å². The highest BCUT2D eigenvalue weighted by atomic mass is 16.5. The molecule has 5 heteroatoms. The predicted molar refractivity (Wildman–Crippen MR) is 93.8 cm³/mol. The lowest BCUT2D eigenvalue weighted by Gasteiger charge is -2.17. The van der Waals surface area contributed by atoms with Crippen LogP contribution in [0.3, 0.4) is 0 Å². The van der Waals surface area contributed by atoms with Gasteiger partial charge in [-0.15, -0.1) is 0 Å². The van der Waals surface area contributed by atoms with Crippen LogP contribution < -0.4 is 10.1 Å². The molecule has 0 bridgehead atoms. The summed E-state index contributed by atoms with van der Waals surface area (Å²) in [5.74, 6) is 0.195. The number of ether oxygens (including phenoxy) is 1. The Bertz CT molecular complexity index is 669. The molecule has 5 nitrogen and oxygen atoms in total.